The van der Waals surface area contributed by atoms with Gasteiger partial charge in [0.2, 0.25) is 0 Å². The Hall–Kier alpha value is -2.84. The van der Waals surface area contributed by atoms with Gasteiger partial charge in [0.05, 0.1) is 16.6 Å². The summed E-state index contributed by atoms with van der Waals surface area (Å²) in [6.07, 6.45) is 3.39. The topological polar surface area (TPSA) is 93.8 Å². The number of hydrogen-bond acceptors (Lipinski definition) is 6. The molecular weight excluding hydrogens is 414 g/mol. The minimum Gasteiger partial charge on any atom is -0.364 e. The lowest BCUT2D eigenvalue weighted by Crippen LogP contribution is -2.14. The van der Waals surface area contributed by atoms with E-state index in [-0.39, 0.29) is 5.69 Å². The number of carbonyl (C=O) groups excluding carboxylic acids is 1. The molecular formula is C18H12BrN5OS. The Kier molecular flexibility index (Phi) is 4.36. The Labute approximate surface area is 161 Å². The Bertz CT molecular complexity index is 1100. The number of nitrogens with one attached hydrogen (secondary N) is 1. The summed E-state index contributed by atoms with van der Waals surface area (Å²) < 4.78 is 1.71. The number of halogens is 1. The van der Waals surface area contributed by atoms with Gasteiger partial charge in [-0.05, 0) is 35.9 Å². The summed E-state index contributed by atoms with van der Waals surface area (Å²) >= 11 is 4.90. The second-order valence-electron chi connectivity index (χ2n) is 5.49. The van der Waals surface area contributed by atoms with E-state index in [2.05, 4.69) is 36.4 Å². The lowest BCUT2D eigenvalue weighted by molar-refractivity contribution is 0.0996. The fourth-order valence-electron chi connectivity index (χ4n) is 2.53. The van der Waals surface area contributed by atoms with Crippen LogP contribution in [0.15, 0.2) is 59.3 Å². The number of aromatic nitrogens is 3. The normalized spacial score (nSPS) is 10.8. The van der Waals surface area contributed by atoms with Crippen LogP contribution in [0.4, 0.5) is 11.5 Å². The van der Waals surface area contributed by atoms with Crippen LogP contribution in [0.25, 0.3) is 20.5 Å². The van der Waals surface area contributed by atoms with Crippen molar-refractivity contribution in [1.29, 1.82) is 0 Å². The average molecular weight is 426 g/mol. The number of fused-ring (bicyclic) bond motifs is 1. The maximum Gasteiger partial charge on any atom is 0.270 e. The molecule has 4 aromatic rings. The Morgan fingerprint density at radius 2 is 1.96 bits per heavy atom. The van der Waals surface area contributed by atoms with Crippen molar-refractivity contribution in [3.8, 4) is 10.4 Å². The summed E-state index contributed by atoms with van der Waals surface area (Å²) in [7, 11) is 0. The maximum atomic E-state index is 11.8. The van der Waals surface area contributed by atoms with E-state index in [0.29, 0.717) is 10.5 Å². The first-order valence-corrected chi connectivity index (χ1v) is 9.26. The molecule has 0 saturated heterocycles. The maximum absolute atomic E-state index is 11.8. The number of pyridine rings is 1. The highest BCUT2D eigenvalue weighted by atomic mass is 79.9. The molecule has 4 rings (SSSR count). The van der Waals surface area contributed by atoms with E-state index in [0.717, 1.165) is 26.0 Å². The molecule has 1 amide bonds. The molecule has 3 heterocycles. The van der Waals surface area contributed by atoms with Crippen LogP contribution in [-0.4, -0.2) is 21.1 Å². The molecule has 26 heavy (non-hydrogen) atoms. The molecule has 0 spiro atoms. The zero-order valence-electron chi connectivity index (χ0n) is 13.3. The SMILES string of the molecule is NC(=O)c1nnc(Nc2cccnc2)c2cc(-c3ccc(Br)cc3)sc12. The van der Waals surface area contributed by atoms with Gasteiger partial charge in [0.1, 0.15) is 0 Å². The van der Waals surface area contributed by atoms with Gasteiger partial charge in [-0.25, -0.2) is 0 Å². The highest BCUT2D eigenvalue weighted by Gasteiger charge is 2.17. The lowest BCUT2D eigenvalue weighted by atomic mass is 10.1. The van der Waals surface area contributed by atoms with E-state index >= 15 is 0 Å². The van der Waals surface area contributed by atoms with E-state index in [1.807, 2.05) is 42.5 Å². The summed E-state index contributed by atoms with van der Waals surface area (Å²) in [6, 6.07) is 13.7. The molecule has 0 saturated carbocycles. The number of rotatable bonds is 4. The smallest absolute Gasteiger partial charge is 0.270 e. The number of benzene rings is 1. The third-order valence-corrected chi connectivity index (χ3v) is 5.46. The predicted octanol–water partition coefficient (Wildman–Crippen LogP) is 4.36. The molecule has 0 radical (unpaired) electrons. The Balaban J connectivity index is 1.87. The van der Waals surface area contributed by atoms with Gasteiger partial charge in [0.15, 0.2) is 11.5 Å². The molecule has 3 N–H and O–H groups in total. The fraction of sp³-hybridized carbons (Fsp3) is 0. The van der Waals surface area contributed by atoms with Crippen molar-refractivity contribution in [3.05, 3.63) is 65.0 Å². The lowest BCUT2D eigenvalue weighted by Gasteiger charge is -2.06. The monoisotopic (exact) mass is 425 g/mol. The van der Waals surface area contributed by atoms with Gasteiger partial charge in [-0.2, -0.15) is 0 Å². The number of carbonyl (C=O) groups is 1. The van der Waals surface area contributed by atoms with Gasteiger partial charge in [-0.1, -0.05) is 28.1 Å². The zero-order valence-corrected chi connectivity index (χ0v) is 15.7. The number of hydrogen-bond donors (Lipinski definition) is 2. The molecule has 0 unspecified atom stereocenters. The molecule has 3 aromatic heterocycles. The van der Waals surface area contributed by atoms with E-state index in [1.54, 1.807) is 12.4 Å². The standard InChI is InChI=1S/C18H12BrN5OS/c19-11-5-3-10(4-6-11)14-8-13-16(26-14)15(17(20)25)23-24-18(13)22-12-2-1-7-21-9-12/h1-9H,(H2,20,25)(H,22,24). The molecule has 0 fully saturated rings. The fourth-order valence-corrected chi connectivity index (χ4v) is 3.94. The largest absolute Gasteiger partial charge is 0.364 e. The van der Waals surface area contributed by atoms with Gasteiger partial charge in [-0.15, -0.1) is 21.5 Å². The van der Waals surface area contributed by atoms with E-state index in [9.17, 15) is 4.79 Å². The van der Waals surface area contributed by atoms with Gasteiger partial charge < -0.3 is 11.1 Å². The van der Waals surface area contributed by atoms with Crippen molar-refractivity contribution in [1.82, 2.24) is 15.2 Å². The minimum atomic E-state index is -0.598. The number of nitrogens with two attached hydrogens (primary N) is 1. The Morgan fingerprint density at radius 3 is 2.65 bits per heavy atom. The molecule has 0 atom stereocenters. The molecule has 0 aliphatic heterocycles. The molecule has 6 nitrogen and oxygen atoms in total. The van der Waals surface area contributed by atoms with Crippen molar-refractivity contribution >= 4 is 54.8 Å². The van der Waals surface area contributed by atoms with Crippen molar-refractivity contribution < 1.29 is 4.79 Å². The van der Waals surface area contributed by atoms with Gasteiger partial charge in [-0.3, -0.25) is 9.78 Å². The minimum absolute atomic E-state index is 0.171. The van der Waals surface area contributed by atoms with Crippen LogP contribution in [0.1, 0.15) is 10.5 Å². The van der Waals surface area contributed by atoms with Crippen LogP contribution in [-0.2, 0) is 0 Å². The summed E-state index contributed by atoms with van der Waals surface area (Å²) in [5, 5.41) is 12.2. The third kappa shape index (κ3) is 3.16. The van der Waals surface area contributed by atoms with Crippen LogP contribution in [0, 0.1) is 0 Å². The Morgan fingerprint density at radius 1 is 1.15 bits per heavy atom. The van der Waals surface area contributed by atoms with Gasteiger partial charge in [0, 0.05) is 20.9 Å². The van der Waals surface area contributed by atoms with E-state index in [4.69, 9.17) is 5.73 Å². The summed E-state index contributed by atoms with van der Waals surface area (Å²) in [5.41, 5.74) is 7.47. The first kappa shape index (κ1) is 16.6. The van der Waals surface area contributed by atoms with Crippen molar-refractivity contribution in [2.24, 2.45) is 5.73 Å². The number of anilines is 2. The molecule has 0 bridgehead atoms. The summed E-state index contributed by atoms with van der Waals surface area (Å²) in [4.78, 5) is 16.8. The third-order valence-electron chi connectivity index (χ3n) is 3.74. The second-order valence-corrected chi connectivity index (χ2v) is 7.46. The van der Waals surface area contributed by atoms with Crippen LogP contribution in [0.2, 0.25) is 0 Å². The first-order chi connectivity index (χ1) is 12.6. The van der Waals surface area contributed by atoms with Crippen molar-refractivity contribution in [3.63, 3.8) is 0 Å². The van der Waals surface area contributed by atoms with Gasteiger partial charge >= 0.3 is 0 Å². The van der Waals surface area contributed by atoms with Crippen LogP contribution >= 0.6 is 27.3 Å². The molecule has 8 heteroatoms. The highest BCUT2D eigenvalue weighted by molar-refractivity contribution is 9.10. The predicted molar refractivity (Wildman–Crippen MR) is 107 cm³/mol. The van der Waals surface area contributed by atoms with E-state index < -0.39 is 5.91 Å². The molecule has 0 aliphatic rings. The number of amides is 1. The van der Waals surface area contributed by atoms with Crippen molar-refractivity contribution in [2.75, 3.05) is 5.32 Å². The van der Waals surface area contributed by atoms with Crippen molar-refractivity contribution in [2.45, 2.75) is 0 Å². The number of nitrogens with zero attached hydrogens (tertiary/aromatic N) is 3. The molecule has 0 aliphatic carbocycles. The number of primary amides is 1. The van der Waals surface area contributed by atoms with E-state index in [1.165, 1.54) is 11.3 Å². The van der Waals surface area contributed by atoms with Crippen LogP contribution in [0.5, 0.6) is 0 Å². The number of thiophene rings is 1. The summed E-state index contributed by atoms with van der Waals surface area (Å²) in [6.45, 7) is 0. The molecule has 1 aromatic carbocycles. The highest BCUT2D eigenvalue weighted by Crippen LogP contribution is 2.38. The molecule has 128 valence electrons. The first-order valence-electron chi connectivity index (χ1n) is 7.65. The quantitative estimate of drug-likeness (QED) is 0.506. The van der Waals surface area contributed by atoms with Gasteiger partial charge in [0.25, 0.3) is 5.91 Å². The zero-order chi connectivity index (χ0) is 18.1. The second kappa shape index (κ2) is 6.81. The van der Waals surface area contributed by atoms with Crippen LogP contribution in [0.3, 0.4) is 0 Å². The van der Waals surface area contributed by atoms with Crippen LogP contribution < -0.4 is 11.1 Å². The summed E-state index contributed by atoms with van der Waals surface area (Å²) in [5.74, 6) is -0.0442. The average Bonchev–Trinajstić information content (AvgIpc) is 3.09.